The predicted molar refractivity (Wildman–Crippen MR) is 74.8 cm³/mol. The zero-order chi connectivity index (χ0) is 14.7. The molecule has 0 aromatic rings. The van der Waals surface area contributed by atoms with E-state index in [0.717, 1.165) is 0 Å². The van der Waals surface area contributed by atoms with E-state index in [4.69, 9.17) is 15.9 Å². The monoisotopic (exact) mass is 292 g/mol. The van der Waals surface area contributed by atoms with Gasteiger partial charge in [0.15, 0.2) is 0 Å². The summed E-state index contributed by atoms with van der Waals surface area (Å²) in [6, 6.07) is 0. The molecular weight excluding hydrogens is 268 g/mol. The topological polar surface area (TPSA) is 99.7 Å². The highest BCUT2D eigenvalue weighted by Gasteiger charge is 2.35. The average molecular weight is 292 g/mol. The van der Waals surface area contributed by atoms with Crippen LogP contribution in [0.5, 0.6) is 0 Å². The number of rotatable bonds is 6. The first-order chi connectivity index (χ1) is 8.71. The summed E-state index contributed by atoms with van der Waals surface area (Å²) in [6.45, 7) is 6.00. The van der Waals surface area contributed by atoms with E-state index < -0.39 is 15.6 Å². The Morgan fingerprint density at radius 2 is 1.84 bits per heavy atom. The molecule has 0 radical (unpaired) electrons. The van der Waals surface area contributed by atoms with Gasteiger partial charge in [0.25, 0.3) is 0 Å². The number of hydrogen-bond acceptors (Lipinski definition) is 5. The van der Waals surface area contributed by atoms with Gasteiger partial charge in [-0.05, 0) is 13.8 Å². The molecule has 0 atom stereocenters. The van der Waals surface area contributed by atoms with Crippen molar-refractivity contribution < 1.29 is 13.2 Å². The minimum atomic E-state index is -3.24. The smallest absolute Gasteiger partial charge is 0.216 e. The van der Waals surface area contributed by atoms with Crippen molar-refractivity contribution in [1.82, 2.24) is 9.21 Å². The summed E-state index contributed by atoms with van der Waals surface area (Å²) >= 11 is 0. The molecule has 0 aromatic carbocycles. The first-order valence-corrected chi connectivity index (χ1v) is 7.89. The number of ether oxygens (including phenoxy) is 1. The quantitative estimate of drug-likeness (QED) is 0.498. The minimum absolute atomic E-state index is 0.0135. The summed E-state index contributed by atoms with van der Waals surface area (Å²) < 4.78 is 30.3. The summed E-state index contributed by atoms with van der Waals surface area (Å²) in [7, 11) is -1.75. The number of hydrogen-bond donors (Lipinski definition) is 2. The lowest BCUT2D eigenvalue weighted by atomic mass is 10.0. The second-order valence-electron chi connectivity index (χ2n) is 5.17. The summed E-state index contributed by atoms with van der Waals surface area (Å²) in [5.74, 6) is 0.114. The molecule has 0 unspecified atom stereocenters. The van der Waals surface area contributed by atoms with Crippen molar-refractivity contribution >= 4 is 15.9 Å². The number of methoxy groups -OCH3 is 1. The molecular formula is C11H24N4O3S. The second kappa shape index (κ2) is 6.17. The molecule has 19 heavy (non-hydrogen) atoms. The Bertz CT molecular complexity index is 414. The van der Waals surface area contributed by atoms with Gasteiger partial charge >= 0.3 is 0 Å². The molecule has 1 heterocycles. The Kier molecular flexibility index (Phi) is 5.31. The second-order valence-corrected chi connectivity index (χ2v) is 7.26. The highest BCUT2D eigenvalue weighted by Crippen LogP contribution is 2.18. The van der Waals surface area contributed by atoms with Gasteiger partial charge in [0.05, 0.1) is 17.9 Å². The molecule has 0 saturated carbocycles. The fourth-order valence-corrected chi connectivity index (χ4v) is 3.37. The van der Waals surface area contributed by atoms with E-state index in [0.29, 0.717) is 26.2 Å². The molecule has 1 fully saturated rings. The Hall–Kier alpha value is -0.700. The van der Waals surface area contributed by atoms with E-state index in [2.05, 4.69) is 0 Å². The van der Waals surface area contributed by atoms with Crippen molar-refractivity contribution in [3.63, 3.8) is 0 Å². The summed E-state index contributed by atoms with van der Waals surface area (Å²) in [5.41, 5.74) is 5.06. The van der Waals surface area contributed by atoms with E-state index in [9.17, 15) is 8.42 Å². The molecule has 1 aliphatic rings. The van der Waals surface area contributed by atoms with Gasteiger partial charge in [-0.1, -0.05) is 0 Å². The van der Waals surface area contributed by atoms with Gasteiger partial charge in [-0.2, -0.15) is 4.31 Å². The van der Waals surface area contributed by atoms with Gasteiger partial charge in [0.2, 0.25) is 10.0 Å². The van der Waals surface area contributed by atoms with E-state index >= 15 is 0 Å². The van der Waals surface area contributed by atoms with Crippen molar-refractivity contribution in [3.8, 4) is 0 Å². The highest BCUT2D eigenvalue weighted by molar-refractivity contribution is 7.89. The third-order valence-electron chi connectivity index (χ3n) is 3.63. The van der Waals surface area contributed by atoms with Crippen molar-refractivity contribution in [2.24, 2.45) is 5.73 Å². The van der Waals surface area contributed by atoms with Crippen LogP contribution in [-0.2, 0) is 14.8 Å². The summed E-state index contributed by atoms with van der Waals surface area (Å²) in [4.78, 5) is 2.04. The van der Waals surface area contributed by atoms with Gasteiger partial charge in [-0.15, -0.1) is 0 Å². The normalized spacial score (nSPS) is 19.5. The van der Waals surface area contributed by atoms with Gasteiger partial charge < -0.3 is 10.5 Å². The third-order valence-corrected chi connectivity index (χ3v) is 5.46. The first kappa shape index (κ1) is 16.4. The van der Waals surface area contributed by atoms with Crippen LogP contribution in [0.25, 0.3) is 0 Å². The van der Waals surface area contributed by atoms with Gasteiger partial charge in [-0.25, -0.2) is 8.42 Å². The lowest BCUT2D eigenvalue weighted by Gasteiger charge is -2.42. The van der Waals surface area contributed by atoms with Crippen molar-refractivity contribution in [1.29, 1.82) is 5.41 Å². The van der Waals surface area contributed by atoms with Gasteiger partial charge in [-0.3, -0.25) is 10.3 Å². The number of nitrogens with two attached hydrogens (primary N) is 1. The van der Waals surface area contributed by atoms with E-state index in [1.54, 1.807) is 0 Å². The molecule has 1 rings (SSSR count). The van der Waals surface area contributed by atoms with Crippen LogP contribution < -0.4 is 5.73 Å². The molecule has 0 spiro atoms. The molecule has 0 aliphatic carbocycles. The third kappa shape index (κ3) is 3.88. The Labute approximate surface area is 115 Å². The number of nitrogens with zero attached hydrogens (tertiary/aromatic N) is 2. The standard InChI is InChI=1S/C11H24N4O3S/c1-11(2,10(12)13)14-4-6-15(7-5-14)19(16,17)9-8-18-3/h4-9H2,1-3H3,(H3,12,13). The highest BCUT2D eigenvalue weighted by atomic mass is 32.2. The molecule has 0 bridgehead atoms. The first-order valence-electron chi connectivity index (χ1n) is 6.28. The van der Waals surface area contributed by atoms with Crippen LogP contribution in [0.1, 0.15) is 13.8 Å². The van der Waals surface area contributed by atoms with Crippen LogP contribution in [0.3, 0.4) is 0 Å². The molecule has 112 valence electrons. The summed E-state index contributed by atoms with van der Waals surface area (Å²) in [6.07, 6.45) is 0. The zero-order valence-corrected chi connectivity index (χ0v) is 12.7. The Morgan fingerprint density at radius 3 is 2.26 bits per heavy atom. The maximum absolute atomic E-state index is 12.0. The SMILES string of the molecule is COCCS(=O)(=O)N1CCN(C(C)(C)C(=N)N)CC1. The van der Waals surface area contributed by atoms with E-state index in [1.807, 2.05) is 18.7 Å². The van der Waals surface area contributed by atoms with Crippen molar-refractivity contribution in [3.05, 3.63) is 0 Å². The maximum Gasteiger partial charge on any atom is 0.216 e. The largest absolute Gasteiger partial charge is 0.386 e. The number of nitrogens with one attached hydrogen (secondary N) is 1. The lowest BCUT2D eigenvalue weighted by Crippen LogP contribution is -2.60. The maximum atomic E-state index is 12.0. The molecule has 3 N–H and O–H groups in total. The van der Waals surface area contributed by atoms with Crippen molar-refractivity contribution in [2.45, 2.75) is 19.4 Å². The number of amidine groups is 1. The molecule has 0 amide bonds. The molecule has 1 aliphatic heterocycles. The van der Waals surface area contributed by atoms with Crippen LogP contribution in [0, 0.1) is 5.41 Å². The van der Waals surface area contributed by atoms with Gasteiger partial charge in [0.1, 0.15) is 5.84 Å². The molecule has 7 nitrogen and oxygen atoms in total. The summed E-state index contributed by atoms with van der Waals surface area (Å²) in [5, 5.41) is 7.59. The van der Waals surface area contributed by atoms with Crippen LogP contribution >= 0.6 is 0 Å². The van der Waals surface area contributed by atoms with Crippen LogP contribution in [0.15, 0.2) is 0 Å². The fourth-order valence-electron chi connectivity index (χ4n) is 2.01. The predicted octanol–water partition coefficient (Wildman–Crippen LogP) is -0.705. The fraction of sp³-hybridized carbons (Fsp3) is 0.909. The van der Waals surface area contributed by atoms with Crippen LogP contribution in [-0.4, -0.2) is 74.6 Å². The Balaban J connectivity index is 2.61. The minimum Gasteiger partial charge on any atom is -0.386 e. The number of sulfonamides is 1. The molecule has 8 heteroatoms. The van der Waals surface area contributed by atoms with E-state index in [-0.39, 0.29) is 18.2 Å². The van der Waals surface area contributed by atoms with Crippen LogP contribution in [0.2, 0.25) is 0 Å². The zero-order valence-electron chi connectivity index (χ0n) is 11.8. The molecule has 0 aromatic heterocycles. The van der Waals surface area contributed by atoms with E-state index in [1.165, 1.54) is 11.4 Å². The Morgan fingerprint density at radius 1 is 1.32 bits per heavy atom. The van der Waals surface area contributed by atoms with Gasteiger partial charge in [0, 0.05) is 33.3 Å². The van der Waals surface area contributed by atoms with Crippen molar-refractivity contribution in [2.75, 3.05) is 45.6 Å². The lowest BCUT2D eigenvalue weighted by molar-refractivity contribution is 0.121. The molecule has 1 saturated heterocycles. The van der Waals surface area contributed by atoms with Crippen LogP contribution in [0.4, 0.5) is 0 Å². The average Bonchev–Trinajstić information content (AvgIpc) is 2.36. The number of piperazine rings is 1.